The first kappa shape index (κ1) is 13.3. The van der Waals surface area contributed by atoms with Gasteiger partial charge in [-0.05, 0) is 31.3 Å². The lowest BCUT2D eigenvalue weighted by atomic mass is 9.99. The zero-order chi connectivity index (χ0) is 13.1. The van der Waals surface area contributed by atoms with Crippen molar-refractivity contribution >= 4 is 35.2 Å². The number of aromatic nitrogens is 1. The topological polar surface area (TPSA) is 71.3 Å². The lowest BCUT2D eigenvalue weighted by molar-refractivity contribution is 0.112. The van der Waals surface area contributed by atoms with Crippen LogP contribution in [0.4, 0.5) is 4.79 Å². The van der Waals surface area contributed by atoms with Gasteiger partial charge in [0.1, 0.15) is 6.61 Å². The lowest BCUT2D eigenvalue weighted by Crippen LogP contribution is -2.39. The van der Waals surface area contributed by atoms with Crippen LogP contribution in [0.2, 0.25) is 0 Å². The summed E-state index contributed by atoms with van der Waals surface area (Å²) < 4.78 is 5.66. The Morgan fingerprint density at radius 1 is 1.78 bits per heavy atom. The molecule has 2 rings (SSSR count). The van der Waals surface area contributed by atoms with Crippen LogP contribution in [0, 0.1) is 3.95 Å². The Hall–Kier alpha value is -1.18. The molecule has 0 aromatic carbocycles. The summed E-state index contributed by atoms with van der Waals surface area (Å²) in [4.78, 5) is 15.9. The zero-order valence-corrected chi connectivity index (χ0v) is 11.6. The number of carbonyl (C=O) groups excluding carboxylic acids is 1. The summed E-state index contributed by atoms with van der Waals surface area (Å²) in [5, 5.41) is 2.02. The average Bonchev–Trinajstić information content (AvgIpc) is 2.74. The molecule has 0 aliphatic carbocycles. The Bertz CT molecular complexity index is 520. The Kier molecular flexibility index (Phi) is 4.15. The minimum Gasteiger partial charge on any atom is -0.448 e. The summed E-state index contributed by atoms with van der Waals surface area (Å²) in [6, 6.07) is 0.152. The third kappa shape index (κ3) is 3.18. The number of nitrogens with one attached hydrogen (secondary N) is 1. The Balaban J connectivity index is 2.06. The molecule has 5 nitrogen and oxygen atoms in total. The molecule has 2 heterocycles. The molecule has 0 bridgehead atoms. The maximum Gasteiger partial charge on any atom is 0.404 e. The predicted octanol–water partition coefficient (Wildman–Crippen LogP) is 1.99. The van der Waals surface area contributed by atoms with Crippen molar-refractivity contribution in [2.45, 2.75) is 12.5 Å². The van der Waals surface area contributed by atoms with Crippen LogP contribution in [0.15, 0.2) is 11.5 Å². The highest BCUT2D eigenvalue weighted by Crippen LogP contribution is 2.26. The third-order valence-corrected chi connectivity index (χ3v) is 4.05. The molecule has 1 aliphatic heterocycles. The van der Waals surface area contributed by atoms with Crippen molar-refractivity contribution in [3.8, 4) is 0 Å². The maximum absolute atomic E-state index is 10.7. The molecule has 1 aromatic heterocycles. The van der Waals surface area contributed by atoms with Gasteiger partial charge in [-0.2, -0.15) is 0 Å². The number of ether oxygens (including phenoxy) is 1. The summed E-state index contributed by atoms with van der Waals surface area (Å²) in [6.45, 7) is 1.13. The van der Waals surface area contributed by atoms with E-state index >= 15 is 0 Å². The smallest absolute Gasteiger partial charge is 0.404 e. The van der Waals surface area contributed by atoms with Crippen molar-refractivity contribution in [1.29, 1.82) is 0 Å². The van der Waals surface area contributed by atoms with Crippen LogP contribution in [0.1, 0.15) is 12.1 Å². The number of thiazole rings is 1. The van der Waals surface area contributed by atoms with E-state index < -0.39 is 6.09 Å². The maximum atomic E-state index is 10.7. The van der Waals surface area contributed by atoms with Gasteiger partial charge >= 0.3 is 6.09 Å². The van der Waals surface area contributed by atoms with Gasteiger partial charge in [-0.3, -0.25) is 4.90 Å². The molecule has 0 radical (unpaired) electrons. The second kappa shape index (κ2) is 5.64. The van der Waals surface area contributed by atoms with Crippen LogP contribution in [-0.4, -0.2) is 42.2 Å². The van der Waals surface area contributed by atoms with Crippen LogP contribution >= 0.6 is 23.6 Å². The van der Waals surface area contributed by atoms with Crippen molar-refractivity contribution in [1.82, 2.24) is 9.88 Å². The molecule has 0 saturated heterocycles. The molecular formula is C11H15N3O2S2. The number of aromatic amines is 1. The van der Waals surface area contributed by atoms with E-state index in [-0.39, 0.29) is 6.04 Å². The highest BCUT2D eigenvalue weighted by Gasteiger charge is 2.22. The Morgan fingerprint density at radius 2 is 2.56 bits per heavy atom. The molecule has 0 spiro atoms. The number of nitrogens with zero attached hydrogens (tertiary/aromatic N) is 1. The molecule has 1 aromatic rings. The molecule has 1 atom stereocenters. The zero-order valence-electron chi connectivity index (χ0n) is 10.0. The largest absolute Gasteiger partial charge is 0.448 e. The fraction of sp³-hybridized carbons (Fsp3) is 0.455. The van der Waals surface area contributed by atoms with Crippen LogP contribution in [0.25, 0.3) is 5.57 Å². The molecule has 0 saturated carbocycles. The van der Waals surface area contributed by atoms with Crippen molar-refractivity contribution in [2.24, 2.45) is 5.73 Å². The monoisotopic (exact) mass is 285 g/mol. The summed E-state index contributed by atoms with van der Waals surface area (Å²) in [7, 11) is 2.00. The van der Waals surface area contributed by atoms with Gasteiger partial charge in [0, 0.05) is 18.0 Å². The van der Waals surface area contributed by atoms with Gasteiger partial charge < -0.3 is 15.5 Å². The first-order valence-electron chi connectivity index (χ1n) is 5.56. The number of hydrogen-bond donors (Lipinski definition) is 2. The van der Waals surface area contributed by atoms with Crippen molar-refractivity contribution in [2.75, 3.05) is 20.2 Å². The van der Waals surface area contributed by atoms with Gasteiger partial charge in [0.05, 0.1) is 5.69 Å². The number of nitrogens with two attached hydrogens (primary N) is 1. The number of amides is 1. The van der Waals surface area contributed by atoms with E-state index in [0.29, 0.717) is 6.61 Å². The van der Waals surface area contributed by atoms with Gasteiger partial charge in [0.2, 0.25) is 0 Å². The third-order valence-electron chi connectivity index (χ3n) is 2.99. The van der Waals surface area contributed by atoms with Crippen LogP contribution < -0.4 is 5.73 Å². The molecule has 0 unspecified atom stereocenters. The van der Waals surface area contributed by atoms with E-state index in [0.717, 1.165) is 22.6 Å². The summed E-state index contributed by atoms with van der Waals surface area (Å²) >= 11 is 6.60. The average molecular weight is 285 g/mol. The molecule has 1 amide bonds. The molecule has 0 fully saturated rings. The number of rotatable bonds is 3. The highest BCUT2D eigenvalue weighted by atomic mass is 32.1. The fourth-order valence-electron chi connectivity index (χ4n) is 1.92. The second-order valence-corrected chi connectivity index (χ2v) is 5.77. The summed E-state index contributed by atoms with van der Waals surface area (Å²) in [6.07, 6.45) is 2.24. The van der Waals surface area contributed by atoms with Crippen LogP contribution in [-0.2, 0) is 4.74 Å². The van der Waals surface area contributed by atoms with Crippen molar-refractivity contribution < 1.29 is 9.53 Å². The first-order chi connectivity index (χ1) is 8.56. The number of hydrogen-bond acceptors (Lipinski definition) is 5. The number of H-pyrrole nitrogens is 1. The standard InChI is InChI=1S/C11H15N3O2S2/c1-14-3-2-7(9-6-18-11(17)13-9)4-8(14)5-16-10(12)15/h2,6,8H,3-5H2,1H3,(H2,12,15)(H,13,17)/t8-/m0/s1. The first-order valence-corrected chi connectivity index (χ1v) is 6.84. The van der Waals surface area contributed by atoms with E-state index in [2.05, 4.69) is 16.0 Å². The summed E-state index contributed by atoms with van der Waals surface area (Å²) in [5.74, 6) is 0. The van der Waals surface area contributed by atoms with Gasteiger partial charge in [0.15, 0.2) is 3.95 Å². The summed E-state index contributed by atoms with van der Waals surface area (Å²) in [5.41, 5.74) is 7.26. The Morgan fingerprint density at radius 3 is 3.17 bits per heavy atom. The Labute approximate surface area is 114 Å². The SMILES string of the molecule is CN1CC=C(c2csc(=S)[nH]2)C[C@H]1COC(N)=O. The van der Waals surface area contributed by atoms with Crippen molar-refractivity contribution in [3.05, 3.63) is 21.1 Å². The molecule has 3 N–H and O–H groups in total. The number of carbonyl (C=O) groups is 1. The fourth-order valence-corrected chi connectivity index (χ4v) is 2.78. The second-order valence-electron chi connectivity index (χ2n) is 4.22. The van der Waals surface area contributed by atoms with E-state index in [4.69, 9.17) is 22.7 Å². The van der Waals surface area contributed by atoms with Gasteiger partial charge in [-0.25, -0.2) is 4.79 Å². The van der Waals surface area contributed by atoms with E-state index in [1.807, 2.05) is 12.4 Å². The molecule has 1 aliphatic rings. The van der Waals surface area contributed by atoms with Crippen molar-refractivity contribution in [3.63, 3.8) is 0 Å². The van der Waals surface area contributed by atoms with E-state index in [1.165, 1.54) is 16.9 Å². The van der Waals surface area contributed by atoms with E-state index in [1.54, 1.807) is 0 Å². The van der Waals surface area contributed by atoms with Gasteiger partial charge in [-0.1, -0.05) is 6.08 Å². The number of likely N-dealkylation sites (N-methyl/N-ethyl adjacent to an activating group) is 1. The minimum atomic E-state index is -0.727. The molecule has 7 heteroatoms. The molecule has 98 valence electrons. The molecular weight excluding hydrogens is 270 g/mol. The highest BCUT2D eigenvalue weighted by molar-refractivity contribution is 7.73. The van der Waals surface area contributed by atoms with Gasteiger partial charge in [-0.15, -0.1) is 11.3 Å². The number of primary amides is 1. The molecule has 18 heavy (non-hydrogen) atoms. The van der Waals surface area contributed by atoms with Crippen LogP contribution in [0.5, 0.6) is 0 Å². The predicted molar refractivity (Wildman–Crippen MR) is 74.1 cm³/mol. The van der Waals surface area contributed by atoms with Crippen LogP contribution in [0.3, 0.4) is 0 Å². The normalized spacial score (nSPS) is 20.5. The van der Waals surface area contributed by atoms with E-state index in [9.17, 15) is 4.79 Å². The quantitative estimate of drug-likeness (QED) is 0.833. The minimum absolute atomic E-state index is 0.152. The lowest BCUT2D eigenvalue weighted by Gasteiger charge is -2.31. The van der Waals surface area contributed by atoms with Gasteiger partial charge in [0.25, 0.3) is 0 Å².